The van der Waals surface area contributed by atoms with Crippen LogP contribution in [0.2, 0.25) is 0 Å². The van der Waals surface area contributed by atoms with E-state index in [9.17, 15) is 10.0 Å². The van der Waals surface area contributed by atoms with Crippen molar-refractivity contribution in [3.8, 4) is 0 Å². The van der Waals surface area contributed by atoms with Crippen LogP contribution in [-0.4, -0.2) is 24.7 Å². The molecule has 0 radical (unpaired) electrons. The lowest BCUT2D eigenvalue weighted by atomic mass is 10.0. The van der Waals surface area contributed by atoms with E-state index in [2.05, 4.69) is 4.99 Å². The van der Waals surface area contributed by atoms with Gasteiger partial charge in [0.15, 0.2) is 12.4 Å². The van der Waals surface area contributed by atoms with Gasteiger partial charge in [-0.15, -0.1) is 0 Å². The number of benzene rings is 1. The van der Waals surface area contributed by atoms with Crippen molar-refractivity contribution in [2.75, 3.05) is 6.54 Å². The van der Waals surface area contributed by atoms with Gasteiger partial charge in [0.05, 0.1) is 6.54 Å². The minimum atomic E-state index is -0.523. The van der Waals surface area contributed by atoms with Crippen LogP contribution in [0.5, 0.6) is 0 Å². The smallest absolute Gasteiger partial charge is 0.220 e. The molecule has 1 aromatic carbocycles. The zero-order valence-corrected chi connectivity index (χ0v) is 8.22. The summed E-state index contributed by atoms with van der Waals surface area (Å²) in [7, 11) is 0. The number of carbonyl (C=O) groups is 1. The van der Waals surface area contributed by atoms with Crippen molar-refractivity contribution < 1.29 is 9.86 Å². The van der Waals surface area contributed by atoms with Crippen molar-refractivity contribution in [2.24, 2.45) is 4.99 Å². The first-order valence-electron chi connectivity index (χ1n) is 4.92. The average Bonchev–Trinajstić information content (AvgIpc) is 2.30. The molecule has 15 heavy (non-hydrogen) atoms. The maximum Gasteiger partial charge on any atom is 0.220 e. The first-order valence-corrected chi connectivity index (χ1v) is 4.92. The zero-order valence-electron chi connectivity index (χ0n) is 8.22. The molecule has 1 aliphatic heterocycles. The van der Waals surface area contributed by atoms with Gasteiger partial charge in [0, 0.05) is 12.0 Å². The summed E-state index contributed by atoms with van der Waals surface area (Å²) in [5.74, 6) is -0.0910. The van der Waals surface area contributed by atoms with Crippen LogP contribution in [-0.2, 0) is 0 Å². The van der Waals surface area contributed by atoms with Crippen molar-refractivity contribution >= 4 is 12.1 Å². The van der Waals surface area contributed by atoms with Gasteiger partial charge in [-0.3, -0.25) is 4.79 Å². The number of hydrogen-bond acceptors (Lipinski definition) is 3. The Morgan fingerprint density at radius 1 is 1.40 bits per heavy atom. The molecule has 1 aliphatic rings. The molecule has 0 spiro atoms. The van der Waals surface area contributed by atoms with E-state index in [-0.39, 0.29) is 10.8 Å². The van der Waals surface area contributed by atoms with E-state index >= 15 is 0 Å². The molecular formula is C11H12N2O2. The van der Waals surface area contributed by atoms with Gasteiger partial charge >= 0.3 is 0 Å². The van der Waals surface area contributed by atoms with Gasteiger partial charge < -0.3 is 10.3 Å². The number of hydrogen-bond donors (Lipinski definition) is 1. The Morgan fingerprint density at radius 2 is 2.13 bits per heavy atom. The highest BCUT2D eigenvalue weighted by Gasteiger charge is 2.26. The summed E-state index contributed by atoms with van der Waals surface area (Å²) in [6, 6.07) is 8.40. The summed E-state index contributed by atoms with van der Waals surface area (Å²) in [5.41, 5.74) is 0.603. The third kappa shape index (κ3) is 2.11. The fourth-order valence-electron chi connectivity index (χ4n) is 1.65. The number of carbonyl (C=O) groups excluding carboxylic acids is 1. The van der Waals surface area contributed by atoms with Crippen LogP contribution in [0.15, 0.2) is 35.3 Å². The Hall–Kier alpha value is -1.52. The number of nitrogens with zero attached hydrogens (tertiary/aromatic N) is 1. The highest BCUT2D eigenvalue weighted by Crippen LogP contribution is 2.05. The summed E-state index contributed by atoms with van der Waals surface area (Å²) in [5, 5.41) is 11.3. The molecule has 1 aromatic rings. The molecule has 2 rings (SSSR count). The number of ketones is 1. The van der Waals surface area contributed by atoms with E-state index in [1.165, 1.54) is 6.34 Å². The van der Waals surface area contributed by atoms with Gasteiger partial charge in [-0.1, -0.05) is 30.3 Å². The molecule has 4 nitrogen and oxygen atoms in total. The number of hydroxylamine groups is 2. The second kappa shape index (κ2) is 4.33. The Balaban J connectivity index is 2.18. The molecule has 0 saturated carbocycles. The predicted octanol–water partition coefficient (Wildman–Crippen LogP) is 0.0526. The van der Waals surface area contributed by atoms with E-state index in [1.54, 1.807) is 24.3 Å². The second-order valence-corrected chi connectivity index (χ2v) is 3.51. The molecular weight excluding hydrogens is 192 g/mol. The molecule has 0 aliphatic carbocycles. The lowest BCUT2D eigenvalue weighted by molar-refractivity contribution is -0.762. The van der Waals surface area contributed by atoms with Crippen molar-refractivity contribution in [3.05, 3.63) is 41.1 Å². The second-order valence-electron chi connectivity index (χ2n) is 3.51. The van der Waals surface area contributed by atoms with Crippen LogP contribution in [0.3, 0.4) is 0 Å². The summed E-state index contributed by atoms with van der Waals surface area (Å²) in [4.78, 5) is 15.8. The highest BCUT2D eigenvalue weighted by atomic mass is 16.5. The quantitative estimate of drug-likeness (QED) is 0.546. The summed E-state index contributed by atoms with van der Waals surface area (Å²) >= 11 is 0. The van der Waals surface area contributed by atoms with Gasteiger partial charge in [-0.25, -0.2) is 4.99 Å². The number of rotatable bonds is 2. The monoisotopic (exact) mass is 204 g/mol. The van der Waals surface area contributed by atoms with Gasteiger partial charge in [0.25, 0.3) is 0 Å². The van der Waals surface area contributed by atoms with Crippen molar-refractivity contribution in [1.29, 1.82) is 0 Å². The number of aliphatic imine (C=N–C) groups is 1. The molecule has 0 fully saturated rings. The van der Waals surface area contributed by atoms with Crippen LogP contribution in [0.25, 0.3) is 0 Å². The van der Waals surface area contributed by atoms with Gasteiger partial charge in [-0.2, -0.15) is 0 Å². The topological polar surface area (TPSA) is 56.9 Å². The predicted molar refractivity (Wildman–Crippen MR) is 56.9 cm³/mol. The van der Waals surface area contributed by atoms with E-state index < -0.39 is 6.04 Å². The molecule has 0 amide bonds. The third-order valence-electron chi connectivity index (χ3n) is 2.48. The molecule has 78 valence electrons. The summed E-state index contributed by atoms with van der Waals surface area (Å²) in [6.07, 6.45) is 1.80. The molecule has 1 heterocycles. The molecule has 0 aromatic heterocycles. The van der Waals surface area contributed by atoms with Crippen LogP contribution in [0.4, 0.5) is 0 Å². The third-order valence-corrected chi connectivity index (χ3v) is 2.48. The fourth-order valence-corrected chi connectivity index (χ4v) is 1.65. The van der Waals surface area contributed by atoms with Gasteiger partial charge in [0.1, 0.15) is 0 Å². The van der Waals surface area contributed by atoms with Crippen molar-refractivity contribution in [3.63, 3.8) is 0 Å². The molecule has 2 unspecified atom stereocenters. The van der Waals surface area contributed by atoms with Crippen LogP contribution in [0.1, 0.15) is 16.8 Å². The van der Waals surface area contributed by atoms with E-state index in [0.29, 0.717) is 18.5 Å². The maximum absolute atomic E-state index is 11.9. The highest BCUT2D eigenvalue weighted by molar-refractivity contribution is 5.99. The summed E-state index contributed by atoms with van der Waals surface area (Å²) in [6.45, 7) is 0.564. The number of nitrogens with one attached hydrogen (secondary N) is 1. The Bertz CT molecular complexity index is 375. The minimum absolute atomic E-state index is 0.0910. The largest absolute Gasteiger partial charge is 0.628 e. The Kier molecular flexibility index (Phi) is 2.89. The standard InChI is InChI=1S/C11H12N2O2/c14-11(9-4-2-1-3-5-9)10-6-7-12-8-13(10)15/h1-5,8,10,13H,6-7H2. The lowest BCUT2D eigenvalue weighted by Crippen LogP contribution is -3.12. The van der Waals surface area contributed by atoms with E-state index in [4.69, 9.17) is 0 Å². The van der Waals surface area contributed by atoms with Crippen molar-refractivity contribution in [1.82, 2.24) is 0 Å². The van der Waals surface area contributed by atoms with Crippen LogP contribution >= 0.6 is 0 Å². The van der Waals surface area contributed by atoms with Crippen LogP contribution < -0.4 is 5.06 Å². The molecule has 2 atom stereocenters. The minimum Gasteiger partial charge on any atom is -0.628 e. The molecule has 0 saturated heterocycles. The van der Waals surface area contributed by atoms with Crippen molar-refractivity contribution in [2.45, 2.75) is 12.5 Å². The molecule has 4 heteroatoms. The SMILES string of the molecule is O=C(c1ccccc1)C1CCN=C[NH+]1[O-]. The number of Topliss-reactive ketones (excluding diaryl/α,β-unsaturated/α-hetero) is 1. The normalized spacial score (nSPS) is 25.1. The fraction of sp³-hybridized carbons (Fsp3) is 0.273. The Morgan fingerprint density at radius 3 is 2.80 bits per heavy atom. The molecule has 1 N–H and O–H groups in total. The first-order chi connectivity index (χ1) is 7.29. The molecule has 0 bridgehead atoms. The van der Waals surface area contributed by atoms with Gasteiger partial charge in [-0.05, 0) is 0 Å². The summed E-state index contributed by atoms with van der Waals surface area (Å²) < 4.78 is 0. The zero-order chi connectivity index (χ0) is 10.7. The maximum atomic E-state index is 11.9. The van der Waals surface area contributed by atoms with Gasteiger partial charge in [0.2, 0.25) is 5.78 Å². The average molecular weight is 204 g/mol. The number of quaternary nitrogens is 1. The van der Waals surface area contributed by atoms with E-state index in [0.717, 1.165) is 0 Å². The Labute approximate surface area is 87.8 Å². The first kappa shape index (κ1) is 10.0. The van der Waals surface area contributed by atoms with Crippen LogP contribution in [0, 0.1) is 5.21 Å². The van der Waals surface area contributed by atoms with E-state index in [1.807, 2.05) is 6.07 Å². The lowest BCUT2D eigenvalue weighted by Gasteiger charge is -2.28.